The summed E-state index contributed by atoms with van der Waals surface area (Å²) >= 11 is 0. The number of hydrogen-bond donors (Lipinski definition) is 0. The summed E-state index contributed by atoms with van der Waals surface area (Å²) in [5, 5.41) is 0. The first-order valence-electron chi connectivity index (χ1n) is 8.06. The normalized spacial score (nSPS) is 19.1. The molecule has 112 valence electrons. The number of hydrogen-bond acceptors (Lipinski definition) is 4. The monoisotopic (exact) mass is 276 g/mol. The summed E-state index contributed by atoms with van der Waals surface area (Å²) < 4.78 is 0. The Bertz CT molecular complexity index is 407. The van der Waals surface area contributed by atoms with Gasteiger partial charge in [-0.3, -0.25) is 0 Å². The Hall–Kier alpha value is -1.32. The van der Waals surface area contributed by atoms with Gasteiger partial charge in [-0.15, -0.1) is 0 Å². The molecule has 4 nitrogen and oxygen atoms in total. The lowest BCUT2D eigenvalue weighted by Crippen LogP contribution is -2.39. The quantitative estimate of drug-likeness (QED) is 0.796. The highest BCUT2D eigenvalue weighted by Crippen LogP contribution is 2.26. The fourth-order valence-corrected chi connectivity index (χ4v) is 2.94. The highest BCUT2D eigenvalue weighted by atomic mass is 15.2. The summed E-state index contributed by atoms with van der Waals surface area (Å²) in [6.07, 6.45) is 9.26. The molecule has 2 rings (SSSR count). The van der Waals surface area contributed by atoms with Crippen LogP contribution in [-0.4, -0.2) is 36.1 Å². The van der Waals surface area contributed by atoms with Gasteiger partial charge in [0.2, 0.25) is 0 Å². The molecule has 0 N–H and O–H groups in total. The van der Waals surface area contributed by atoms with E-state index >= 15 is 0 Å². The molecule has 2 heterocycles. The van der Waals surface area contributed by atoms with Gasteiger partial charge in [-0.05, 0) is 32.1 Å². The third-order valence-electron chi connectivity index (χ3n) is 4.27. The first-order chi connectivity index (χ1) is 9.76. The van der Waals surface area contributed by atoms with Gasteiger partial charge < -0.3 is 9.80 Å². The van der Waals surface area contributed by atoms with E-state index in [2.05, 4.69) is 46.7 Å². The second-order valence-corrected chi connectivity index (χ2v) is 5.76. The van der Waals surface area contributed by atoms with Gasteiger partial charge in [0.15, 0.2) is 0 Å². The van der Waals surface area contributed by atoms with Crippen LogP contribution in [0.15, 0.2) is 12.4 Å². The summed E-state index contributed by atoms with van der Waals surface area (Å²) in [6.45, 7) is 6.69. The molecule has 0 aromatic carbocycles. The van der Waals surface area contributed by atoms with Crippen LogP contribution in [0.5, 0.6) is 0 Å². The SMILES string of the molecule is CCCCN(C)c1cc(N2CCCCC2CC)ncn1. The molecular formula is C16H28N4. The van der Waals surface area contributed by atoms with Crippen molar-refractivity contribution in [1.82, 2.24) is 9.97 Å². The van der Waals surface area contributed by atoms with Crippen molar-refractivity contribution in [3.05, 3.63) is 12.4 Å². The van der Waals surface area contributed by atoms with Gasteiger partial charge in [0.25, 0.3) is 0 Å². The van der Waals surface area contributed by atoms with Crippen LogP contribution in [0.1, 0.15) is 52.4 Å². The van der Waals surface area contributed by atoms with Crippen molar-refractivity contribution in [3.8, 4) is 0 Å². The van der Waals surface area contributed by atoms with Crippen LogP contribution in [0.4, 0.5) is 11.6 Å². The second-order valence-electron chi connectivity index (χ2n) is 5.76. The molecule has 1 unspecified atom stereocenters. The van der Waals surface area contributed by atoms with Gasteiger partial charge in [-0.25, -0.2) is 9.97 Å². The summed E-state index contributed by atoms with van der Waals surface area (Å²) in [6, 6.07) is 2.80. The molecule has 0 spiro atoms. The van der Waals surface area contributed by atoms with E-state index in [9.17, 15) is 0 Å². The van der Waals surface area contributed by atoms with Gasteiger partial charge in [0.05, 0.1) is 0 Å². The predicted molar refractivity (Wildman–Crippen MR) is 85.5 cm³/mol. The lowest BCUT2D eigenvalue weighted by Gasteiger charge is -2.36. The largest absolute Gasteiger partial charge is 0.360 e. The highest BCUT2D eigenvalue weighted by Gasteiger charge is 2.22. The molecule has 0 aliphatic carbocycles. The van der Waals surface area contributed by atoms with Gasteiger partial charge in [-0.2, -0.15) is 0 Å². The number of aromatic nitrogens is 2. The molecule has 0 bridgehead atoms. The summed E-state index contributed by atoms with van der Waals surface area (Å²) in [5.41, 5.74) is 0. The first-order valence-corrected chi connectivity index (χ1v) is 8.06. The Balaban J connectivity index is 2.11. The van der Waals surface area contributed by atoms with E-state index in [1.807, 2.05) is 0 Å². The molecule has 1 aliphatic heterocycles. The number of nitrogens with zero attached hydrogens (tertiary/aromatic N) is 4. The Morgan fingerprint density at radius 3 is 2.90 bits per heavy atom. The van der Waals surface area contributed by atoms with E-state index in [-0.39, 0.29) is 0 Å². The van der Waals surface area contributed by atoms with E-state index < -0.39 is 0 Å². The zero-order chi connectivity index (χ0) is 14.4. The Labute approximate surface area is 123 Å². The molecule has 0 amide bonds. The first kappa shape index (κ1) is 15.1. The Kier molecular flexibility index (Phi) is 5.62. The maximum atomic E-state index is 4.51. The van der Waals surface area contributed by atoms with Crippen LogP contribution in [0, 0.1) is 0 Å². The third kappa shape index (κ3) is 3.62. The van der Waals surface area contributed by atoms with Gasteiger partial charge in [-0.1, -0.05) is 20.3 Å². The van der Waals surface area contributed by atoms with Gasteiger partial charge >= 0.3 is 0 Å². The van der Waals surface area contributed by atoms with Gasteiger partial charge in [0, 0.05) is 32.2 Å². The van der Waals surface area contributed by atoms with Crippen molar-refractivity contribution >= 4 is 11.6 Å². The average Bonchev–Trinajstić information content (AvgIpc) is 2.52. The van der Waals surface area contributed by atoms with E-state index in [1.54, 1.807) is 6.33 Å². The minimum Gasteiger partial charge on any atom is -0.360 e. The Morgan fingerprint density at radius 2 is 2.15 bits per heavy atom. The second kappa shape index (κ2) is 7.46. The van der Waals surface area contributed by atoms with Crippen LogP contribution >= 0.6 is 0 Å². The third-order valence-corrected chi connectivity index (χ3v) is 4.27. The summed E-state index contributed by atoms with van der Waals surface area (Å²) in [5.74, 6) is 2.15. The van der Waals surface area contributed by atoms with Gasteiger partial charge in [0.1, 0.15) is 18.0 Å². The van der Waals surface area contributed by atoms with E-state index in [4.69, 9.17) is 0 Å². The molecule has 0 radical (unpaired) electrons. The lowest BCUT2D eigenvalue weighted by molar-refractivity contribution is 0.446. The molecule has 1 atom stereocenters. The minimum absolute atomic E-state index is 0.646. The molecule has 1 aromatic rings. The number of anilines is 2. The summed E-state index contributed by atoms with van der Waals surface area (Å²) in [4.78, 5) is 13.6. The van der Waals surface area contributed by atoms with Crippen molar-refractivity contribution in [2.75, 3.05) is 29.9 Å². The standard InChI is InChI=1S/C16H28N4/c1-4-6-10-19(3)15-12-16(18-13-17-15)20-11-8-7-9-14(20)5-2/h12-14H,4-11H2,1-3H3. The van der Waals surface area contributed by atoms with Crippen LogP contribution in [0.2, 0.25) is 0 Å². The zero-order valence-corrected chi connectivity index (χ0v) is 13.2. The molecule has 4 heteroatoms. The van der Waals surface area contributed by atoms with E-state index in [0.717, 1.165) is 24.7 Å². The molecule has 1 aliphatic rings. The number of rotatable bonds is 6. The average molecular weight is 276 g/mol. The van der Waals surface area contributed by atoms with Crippen molar-refractivity contribution in [2.24, 2.45) is 0 Å². The predicted octanol–water partition coefficient (Wildman–Crippen LogP) is 3.48. The molecular weight excluding hydrogens is 248 g/mol. The van der Waals surface area contributed by atoms with Crippen LogP contribution in [-0.2, 0) is 0 Å². The maximum absolute atomic E-state index is 4.51. The lowest BCUT2D eigenvalue weighted by atomic mass is 10.0. The molecule has 20 heavy (non-hydrogen) atoms. The van der Waals surface area contributed by atoms with Crippen molar-refractivity contribution in [2.45, 2.75) is 58.4 Å². The molecule has 1 aromatic heterocycles. The van der Waals surface area contributed by atoms with Crippen molar-refractivity contribution in [3.63, 3.8) is 0 Å². The number of unbranched alkanes of at least 4 members (excludes halogenated alkanes) is 1. The minimum atomic E-state index is 0.646. The number of piperidine rings is 1. The van der Waals surface area contributed by atoms with E-state index in [1.165, 1.54) is 38.5 Å². The maximum Gasteiger partial charge on any atom is 0.134 e. The summed E-state index contributed by atoms with van der Waals surface area (Å²) in [7, 11) is 2.12. The topological polar surface area (TPSA) is 32.3 Å². The fraction of sp³-hybridized carbons (Fsp3) is 0.750. The molecule has 0 saturated carbocycles. The van der Waals surface area contributed by atoms with Crippen molar-refractivity contribution < 1.29 is 0 Å². The van der Waals surface area contributed by atoms with Crippen LogP contribution in [0.25, 0.3) is 0 Å². The van der Waals surface area contributed by atoms with Crippen molar-refractivity contribution in [1.29, 1.82) is 0 Å². The van der Waals surface area contributed by atoms with Crippen LogP contribution < -0.4 is 9.80 Å². The smallest absolute Gasteiger partial charge is 0.134 e. The Morgan fingerprint density at radius 1 is 1.30 bits per heavy atom. The van der Waals surface area contributed by atoms with E-state index in [0.29, 0.717) is 6.04 Å². The van der Waals surface area contributed by atoms with Crippen LogP contribution in [0.3, 0.4) is 0 Å². The highest BCUT2D eigenvalue weighted by molar-refractivity contribution is 5.50. The molecule has 1 fully saturated rings. The zero-order valence-electron chi connectivity index (χ0n) is 13.2. The molecule has 1 saturated heterocycles. The fourth-order valence-electron chi connectivity index (χ4n) is 2.94.